The molecule has 1 aromatic rings. The molecule has 0 aromatic heterocycles. The first-order valence-electron chi connectivity index (χ1n) is 6.95. The van der Waals surface area contributed by atoms with Crippen molar-refractivity contribution < 1.29 is 4.79 Å². The second-order valence-electron chi connectivity index (χ2n) is 5.16. The summed E-state index contributed by atoms with van der Waals surface area (Å²) >= 11 is 3.36. The third kappa shape index (κ3) is 7.03. The molecular formula is C15H24BrN3O. The molecular weight excluding hydrogens is 318 g/mol. The molecule has 0 bridgehead atoms. The van der Waals surface area contributed by atoms with Crippen molar-refractivity contribution in [2.24, 2.45) is 0 Å². The number of halogens is 1. The topological polar surface area (TPSA) is 44.4 Å². The number of nitrogens with zero attached hydrogens (tertiary/aromatic N) is 1. The molecule has 1 rings (SSSR count). The Bertz CT molecular complexity index is 406. The predicted octanol–water partition coefficient (Wildman–Crippen LogP) is 2.71. The molecule has 0 fully saturated rings. The standard InChI is InChI=1S/C15H24BrN3O/c1-12(2)19(3)10-4-9-17-11-15(20)18-14-7-5-13(16)6-8-14/h5-8,12,17H,4,9-11H2,1-3H3,(H,18,20). The van der Waals surface area contributed by atoms with Crippen LogP contribution in [0, 0.1) is 0 Å². The highest BCUT2D eigenvalue weighted by Gasteiger charge is 2.03. The molecule has 0 saturated carbocycles. The summed E-state index contributed by atoms with van der Waals surface area (Å²) in [7, 11) is 2.12. The lowest BCUT2D eigenvalue weighted by atomic mass is 10.3. The van der Waals surface area contributed by atoms with E-state index in [1.807, 2.05) is 24.3 Å². The summed E-state index contributed by atoms with van der Waals surface area (Å²) in [6.45, 7) is 6.60. The molecule has 0 unspecified atom stereocenters. The number of hydrogen-bond acceptors (Lipinski definition) is 3. The van der Waals surface area contributed by atoms with Crippen molar-refractivity contribution in [2.45, 2.75) is 26.3 Å². The van der Waals surface area contributed by atoms with Gasteiger partial charge in [0.05, 0.1) is 6.54 Å². The van der Waals surface area contributed by atoms with Gasteiger partial charge >= 0.3 is 0 Å². The molecule has 2 N–H and O–H groups in total. The average Bonchev–Trinajstić information content (AvgIpc) is 2.40. The van der Waals surface area contributed by atoms with E-state index in [1.165, 1.54) is 0 Å². The minimum Gasteiger partial charge on any atom is -0.325 e. The zero-order valence-electron chi connectivity index (χ0n) is 12.4. The van der Waals surface area contributed by atoms with E-state index in [1.54, 1.807) is 0 Å². The van der Waals surface area contributed by atoms with Gasteiger partial charge in [-0.15, -0.1) is 0 Å². The SMILES string of the molecule is CC(C)N(C)CCCNCC(=O)Nc1ccc(Br)cc1. The van der Waals surface area contributed by atoms with E-state index in [9.17, 15) is 4.79 Å². The van der Waals surface area contributed by atoms with Crippen LogP contribution in [-0.4, -0.2) is 43.5 Å². The summed E-state index contributed by atoms with van der Waals surface area (Å²) in [4.78, 5) is 14.0. The Kier molecular flexibility index (Phi) is 7.80. The smallest absolute Gasteiger partial charge is 0.238 e. The van der Waals surface area contributed by atoms with Gasteiger partial charge < -0.3 is 15.5 Å². The first-order chi connectivity index (χ1) is 9.49. The fourth-order valence-corrected chi connectivity index (χ4v) is 1.92. The summed E-state index contributed by atoms with van der Waals surface area (Å²) in [5.74, 6) is -0.00969. The van der Waals surface area contributed by atoms with Crippen molar-refractivity contribution in [3.8, 4) is 0 Å². The molecule has 5 heteroatoms. The van der Waals surface area contributed by atoms with E-state index in [4.69, 9.17) is 0 Å². The zero-order valence-corrected chi connectivity index (χ0v) is 14.0. The Morgan fingerprint density at radius 2 is 1.95 bits per heavy atom. The van der Waals surface area contributed by atoms with Crippen LogP contribution in [0.1, 0.15) is 20.3 Å². The van der Waals surface area contributed by atoms with Crippen LogP contribution < -0.4 is 10.6 Å². The van der Waals surface area contributed by atoms with E-state index in [-0.39, 0.29) is 5.91 Å². The maximum atomic E-state index is 11.7. The van der Waals surface area contributed by atoms with E-state index < -0.39 is 0 Å². The maximum Gasteiger partial charge on any atom is 0.238 e. The molecule has 0 aliphatic heterocycles. The number of benzene rings is 1. The van der Waals surface area contributed by atoms with Gasteiger partial charge in [-0.25, -0.2) is 0 Å². The number of carbonyl (C=O) groups is 1. The average molecular weight is 342 g/mol. The van der Waals surface area contributed by atoms with E-state index in [0.29, 0.717) is 12.6 Å². The molecule has 0 heterocycles. The van der Waals surface area contributed by atoms with Gasteiger partial charge in [0, 0.05) is 16.2 Å². The van der Waals surface area contributed by atoms with Crippen molar-refractivity contribution in [2.75, 3.05) is 32.0 Å². The van der Waals surface area contributed by atoms with Crippen molar-refractivity contribution in [1.82, 2.24) is 10.2 Å². The van der Waals surface area contributed by atoms with E-state index in [0.717, 1.165) is 29.7 Å². The number of hydrogen-bond donors (Lipinski definition) is 2. The molecule has 0 atom stereocenters. The van der Waals surface area contributed by atoms with Gasteiger partial charge in [0.2, 0.25) is 5.91 Å². The summed E-state index contributed by atoms with van der Waals surface area (Å²) < 4.78 is 1.00. The number of carbonyl (C=O) groups excluding carboxylic acids is 1. The molecule has 0 aliphatic carbocycles. The quantitative estimate of drug-likeness (QED) is 0.714. The van der Waals surface area contributed by atoms with Gasteiger partial charge in [-0.1, -0.05) is 15.9 Å². The Hall–Kier alpha value is -0.910. The summed E-state index contributed by atoms with van der Waals surface area (Å²) in [6, 6.07) is 8.13. The van der Waals surface area contributed by atoms with Crippen LogP contribution in [0.15, 0.2) is 28.7 Å². The highest BCUT2D eigenvalue weighted by Crippen LogP contribution is 2.13. The van der Waals surface area contributed by atoms with Crippen LogP contribution in [0.4, 0.5) is 5.69 Å². The van der Waals surface area contributed by atoms with Gasteiger partial charge in [0.1, 0.15) is 0 Å². The highest BCUT2D eigenvalue weighted by molar-refractivity contribution is 9.10. The normalized spacial score (nSPS) is 11.1. The fraction of sp³-hybridized carbons (Fsp3) is 0.533. The fourth-order valence-electron chi connectivity index (χ4n) is 1.65. The number of rotatable bonds is 8. The Morgan fingerprint density at radius 3 is 2.55 bits per heavy atom. The number of amides is 1. The summed E-state index contributed by atoms with van der Waals surface area (Å²) in [5.41, 5.74) is 0.819. The maximum absolute atomic E-state index is 11.7. The lowest BCUT2D eigenvalue weighted by molar-refractivity contribution is -0.115. The molecule has 0 aliphatic rings. The highest BCUT2D eigenvalue weighted by atomic mass is 79.9. The predicted molar refractivity (Wildman–Crippen MR) is 88.0 cm³/mol. The van der Waals surface area contributed by atoms with E-state index in [2.05, 4.69) is 52.4 Å². The van der Waals surface area contributed by atoms with Crippen molar-refractivity contribution >= 4 is 27.5 Å². The van der Waals surface area contributed by atoms with Gasteiger partial charge in [-0.05, 0) is 64.7 Å². The lowest BCUT2D eigenvalue weighted by Gasteiger charge is -2.20. The molecule has 0 spiro atoms. The minimum atomic E-state index is -0.00969. The van der Waals surface area contributed by atoms with Crippen LogP contribution in [0.25, 0.3) is 0 Å². The molecule has 20 heavy (non-hydrogen) atoms. The molecule has 1 aromatic carbocycles. The van der Waals surface area contributed by atoms with Gasteiger partial charge in [0.25, 0.3) is 0 Å². The number of nitrogens with one attached hydrogen (secondary N) is 2. The van der Waals surface area contributed by atoms with Crippen LogP contribution >= 0.6 is 15.9 Å². The van der Waals surface area contributed by atoms with Gasteiger partial charge in [-0.2, -0.15) is 0 Å². The van der Waals surface area contributed by atoms with Gasteiger partial charge in [0.15, 0.2) is 0 Å². The zero-order chi connectivity index (χ0) is 15.0. The first-order valence-corrected chi connectivity index (χ1v) is 7.74. The summed E-state index contributed by atoms with van der Waals surface area (Å²) in [5, 5.41) is 6.02. The molecule has 4 nitrogen and oxygen atoms in total. The largest absolute Gasteiger partial charge is 0.325 e. The number of anilines is 1. The van der Waals surface area contributed by atoms with Crippen LogP contribution in [-0.2, 0) is 4.79 Å². The van der Waals surface area contributed by atoms with Crippen molar-refractivity contribution in [3.05, 3.63) is 28.7 Å². The van der Waals surface area contributed by atoms with Crippen molar-refractivity contribution in [1.29, 1.82) is 0 Å². The van der Waals surface area contributed by atoms with E-state index >= 15 is 0 Å². The van der Waals surface area contributed by atoms with Gasteiger partial charge in [-0.3, -0.25) is 4.79 Å². The third-order valence-electron chi connectivity index (χ3n) is 3.16. The lowest BCUT2D eigenvalue weighted by Crippen LogP contribution is -2.32. The molecule has 1 amide bonds. The Balaban J connectivity index is 2.13. The molecule has 0 radical (unpaired) electrons. The van der Waals surface area contributed by atoms with Crippen LogP contribution in [0.2, 0.25) is 0 Å². The monoisotopic (exact) mass is 341 g/mol. The second-order valence-corrected chi connectivity index (χ2v) is 6.08. The molecule has 0 saturated heterocycles. The first kappa shape index (κ1) is 17.1. The Labute approximate surface area is 130 Å². The Morgan fingerprint density at radius 1 is 1.30 bits per heavy atom. The van der Waals surface area contributed by atoms with Crippen LogP contribution in [0.5, 0.6) is 0 Å². The van der Waals surface area contributed by atoms with Crippen LogP contribution in [0.3, 0.4) is 0 Å². The second kappa shape index (κ2) is 9.10. The minimum absolute atomic E-state index is 0.00969. The summed E-state index contributed by atoms with van der Waals surface area (Å²) in [6.07, 6.45) is 1.04. The third-order valence-corrected chi connectivity index (χ3v) is 3.69. The van der Waals surface area contributed by atoms with Crippen molar-refractivity contribution in [3.63, 3.8) is 0 Å². The molecule has 112 valence electrons.